The smallest absolute Gasteiger partial charge is 0.254 e. The van der Waals surface area contributed by atoms with Crippen LogP contribution in [0.4, 0.5) is 0 Å². The molecule has 5 nitrogen and oxygen atoms in total. The number of rotatable bonds is 6. The minimum atomic E-state index is -3.10. The summed E-state index contributed by atoms with van der Waals surface area (Å²) in [6.45, 7) is 4.25. The molecule has 1 aliphatic rings. The van der Waals surface area contributed by atoms with Crippen molar-refractivity contribution in [1.82, 2.24) is 4.90 Å². The third kappa shape index (κ3) is 5.35. The van der Waals surface area contributed by atoms with Gasteiger partial charge in [0.2, 0.25) is 0 Å². The van der Waals surface area contributed by atoms with Crippen LogP contribution in [0.2, 0.25) is 0 Å². The molecule has 0 N–H and O–H groups in total. The van der Waals surface area contributed by atoms with Gasteiger partial charge in [0.05, 0.1) is 17.6 Å². The van der Waals surface area contributed by atoms with Gasteiger partial charge in [0, 0.05) is 22.6 Å². The first-order valence-corrected chi connectivity index (χ1v) is 11.9. The number of amides is 1. The molecule has 1 fully saturated rings. The maximum atomic E-state index is 13.2. The van der Waals surface area contributed by atoms with Crippen LogP contribution in [0.15, 0.2) is 53.0 Å². The van der Waals surface area contributed by atoms with Crippen LogP contribution in [0.1, 0.15) is 36.2 Å². The molecule has 150 valence electrons. The normalized spacial score (nSPS) is 18.2. The fourth-order valence-corrected chi connectivity index (χ4v) is 5.51. The first-order valence-electron chi connectivity index (χ1n) is 9.26. The monoisotopic (exact) mass is 465 g/mol. The van der Waals surface area contributed by atoms with Crippen molar-refractivity contribution < 1.29 is 17.9 Å². The number of sulfone groups is 1. The summed E-state index contributed by atoms with van der Waals surface area (Å²) >= 11 is 3.45. The number of carbonyl (C=O) groups is 1. The van der Waals surface area contributed by atoms with Gasteiger partial charge in [-0.15, -0.1) is 0 Å². The third-order valence-corrected chi connectivity index (χ3v) is 6.87. The molecule has 1 aliphatic heterocycles. The molecule has 1 amide bonds. The molecular weight excluding hydrogens is 442 g/mol. The average molecular weight is 466 g/mol. The maximum absolute atomic E-state index is 13.2. The highest BCUT2D eigenvalue weighted by atomic mass is 79.9. The third-order valence-electron chi connectivity index (χ3n) is 4.63. The predicted molar refractivity (Wildman–Crippen MR) is 113 cm³/mol. The molecule has 0 saturated carbocycles. The number of hydrogen-bond donors (Lipinski definition) is 0. The van der Waals surface area contributed by atoms with E-state index in [0.717, 1.165) is 10.0 Å². The van der Waals surface area contributed by atoms with Gasteiger partial charge in [-0.25, -0.2) is 8.42 Å². The first-order chi connectivity index (χ1) is 13.2. The van der Waals surface area contributed by atoms with Gasteiger partial charge < -0.3 is 9.64 Å². The summed E-state index contributed by atoms with van der Waals surface area (Å²) in [7, 11) is -3.10. The van der Waals surface area contributed by atoms with E-state index in [1.807, 2.05) is 38.1 Å². The molecule has 0 bridgehead atoms. The van der Waals surface area contributed by atoms with Gasteiger partial charge in [0.15, 0.2) is 9.84 Å². The van der Waals surface area contributed by atoms with Crippen molar-refractivity contribution in [2.24, 2.45) is 0 Å². The Labute approximate surface area is 174 Å². The van der Waals surface area contributed by atoms with Gasteiger partial charge in [0.1, 0.15) is 5.75 Å². The standard InChI is InChI=1S/C21H24BrNO4S/c1-15(2)27-20-8-6-17(7-9-20)21(24)23(19-10-11-28(25,26)14-19)13-16-4-3-5-18(22)12-16/h3-9,12,15,19H,10-11,13-14H2,1-2H3. The Balaban J connectivity index is 1.86. The molecule has 0 aromatic heterocycles. The highest BCUT2D eigenvalue weighted by Gasteiger charge is 2.35. The summed E-state index contributed by atoms with van der Waals surface area (Å²) in [6.07, 6.45) is 0.523. The lowest BCUT2D eigenvalue weighted by atomic mass is 10.1. The minimum absolute atomic E-state index is 0.0152. The van der Waals surface area contributed by atoms with Crippen LogP contribution in [0.3, 0.4) is 0 Å². The zero-order valence-corrected chi connectivity index (χ0v) is 18.4. The minimum Gasteiger partial charge on any atom is -0.491 e. The highest BCUT2D eigenvalue weighted by Crippen LogP contribution is 2.24. The Bertz CT molecular complexity index is 941. The van der Waals surface area contributed by atoms with E-state index in [1.165, 1.54) is 0 Å². The second-order valence-electron chi connectivity index (χ2n) is 7.31. The average Bonchev–Trinajstić information content (AvgIpc) is 2.99. The van der Waals surface area contributed by atoms with E-state index >= 15 is 0 Å². The van der Waals surface area contributed by atoms with Crippen LogP contribution in [0, 0.1) is 0 Å². The predicted octanol–water partition coefficient (Wildman–Crippen LogP) is 4.07. The van der Waals surface area contributed by atoms with E-state index in [9.17, 15) is 13.2 Å². The van der Waals surface area contributed by atoms with E-state index < -0.39 is 9.84 Å². The van der Waals surface area contributed by atoms with Crippen LogP contribution in [-0.2, 0) is 16.4 Å². The van der Waals surface area contributed by atoms with E-state index in [1.54, 1.807) is 29.2 Å². The fraction of sp³-hybridized carbons (Fsp3) is 0.381. The fourth-order valence-electron chi connectivity index (χ4n) is 3.33. The van der Waals surface area contributed by atoms with E-state index in [0.29, 0.717) is 24.3 Å². The number of nitrogens with zero attached hydrogens (tertiary/aromatic N) is 1. The van der Waals surface area contributed by atoms with E-state index in [4.69, 9.17) is 4.74 Å². The van der Waals surface area contributed by atoms with Crippen molar-refractivity contribution in [2.75, 3.05) is 11.5 Å². The molecule has 2 aromatic rings. The summed E-state index contributed by atoms with van der Waals surface area (Å²) in [4.78, 5) is 14.9. The SMILES string of the molecule is CC(C)Oc1ccc(C(=O)N(Cc2cccc(Br)c2)C2CCS(=O)(=O)C2)cc1. The Morgan fingerprint density at radius 3 is 2.50 bits per heavy atom. The summed E-state index contributed by atoms with van der Waals surface area (Å²) in [6, 6.07) is 14.4. The number of benzene rings is 2. The molecule has 0 aliphatic carbocycles. The summed E-state index contributed by atoms with van der Waals surface area (Å²) in [5.74, 6) is 0.675. The van der Waals surface area contributed by atoms with Gasteiger partial charge in [-0.2, -0.15) is 0 Å². The zero-order valence-electron chi connectivity index (χ0n) is 16.0. The molecule has 1 heterocycles. The number of halogens is 1. The Morgan fingerprint density at radius 2 is 1.93 bits per heavy atom. The van der Waals surface area contributed by atoms with Crippen molar-refractivity contribution >= 4 is 31.7 Å². The Kier molecular flexibility index (Phi) is 6.45. The molecule has 1 atom stereocenters. The number of ether oxygens (including phenoxy) is 1. The second kappa shape index (κ2) is 8.66. The van der Waals surface area contributed by atoms with Crippen molar-refractivity contribution in [3.8, 4) is 5.75 Å². The van der Waals surface area contributed by atoms with Crippen LogP contribution < -0.4 is 4.74 Å². The van der Waals surface area contributed by atoms with Gasteiger partial charge in [0.25, 0.3) is 5.91 Å². The van der Waals surface area contributed by atoms with Gasteiger partial charge >= 0.3 is 0 Å². The van der Waals surface area contributed by atoms with Crippen LogP contribution >= 0.6 is 15.9 Å². The first kappa shape index (κ1) is 20.9. The van der Waals surface area contributed by atoms with Crippen molar-refractivity contribution in [3.63, 3.8) is 0 Å². The molecule has 7 heteroatoms. The van der Waals surface area contributed by atoms with Crippen LogP contribution in [0.5, 0.6) is 5.75 Å². The van der Waals surface area contributed by atoms with Gasteiger partial charge in [-0.05, 0) is 62.2 Å². The number of hydrogen-bond acceptors (Lipinski definition) is 4. The van der Waals surface area contributed by atoms with Crippen molar-refractivity contribution in [3.05, 3.63) is 64.1 Å². The molecular formula is C21H24BrNO4S. The topological polar surface area (TPSA) is 63.7 Å². The van der Waals surface area contributed by atoms with Crippen molar-refractivity contribution in [2.45, 2.75) is 39.0 Å². The molecule has 2 aromatic carbocycles. The quantitative estimate of drug-likeness (QED) is 0.644. The van der Waals surface area contributed by atoms with Crippen LogP contribution in [0.25, 0.3) is 0 Å². The zero-order chi connectivity index (χ0) is 20.3. The Morgan fingerprint density at radius 1 is 1.21 bits per heavy atom. The van der Waals surface area contributed by atoms with E-state index in [-0.39, 0.29) is 29.6 Å². The van der Waals surface area contributed by atoms with Crippen LogP contribution in [-0.4, -0.2) is 42.9 Å². The second-order valence-corrected chi connectivity index (χ2v) is 10.5. The van der Waals surface area contributed by atoms with Gasteiger partial charge in [-0.1, -0.05) is 28.1 Å². The lowest BCUT2D eigenvalue weighted by molar-refractivity contribution is 0.0681. The summed E-state index contributed by atoms with van der Waals surface area (Å²) in [5.41, 5.74) is 1.47. The molecule has 1 unspecified atom stereocenters. The lowest BCUT2D eigenvalue weighted by Gasteiger charge is -2.28. The molecule has 3 rings (SSSR count). The largest absolute Gasteiger partial charge is 0.491 e. The maximum Gasteiger partial charge on any atom is 0.254 e. The molecule has 0 spiro atoms. The molecule has 0 radical (unpaired) electrons. The Hall–Kier alpha value is -1.86. The van der Waals surface area contributed by atoms with Crippen molar-refractivity contribution in [1.29, 1.82) is 0 Å². The summed E-state index contributed by atoms with van der Waals surface area (Å²) in [5, 5.41) is 0. The lowest BCUT2D eigenvalue weighted by Crippen LogP contribution is -2.40. The number of carbonyl (C=O) groups excluding carboxylic acids is 1. The summed E-state index contributed by atoms with van der Waals surface area (Å²) < 4.78 is 30.6. The van der Waals surface area contributed by atoms with E-state index in [2.05, 4.69) is 15.9 Å². The molecule has 1 saturated heterocycles. The highest BCUT2D eigenvalue weighted by molar-refractivity contribution is 9.10. The molecule has 28 heavy (non-hydrogen) atoms. The van der Waals surface area contributed by atoms with Gasteiger partial charge in [-0.3, -0.25) is 4.79 Å².